The molecule has 0 spiro atoms. The molecule has 0 amide bonds. The van der Waals surface area contributed by atoms with Crippen LogP contribution >= 0.6 is 11.8 Å². The summed E-state index contributed by atoms with van der Waals surface area (Å²) in [7, 11) is 0. The van der Waals surface area contributed by atoms with Crippen molar-refractivity contribution in [3.05, 3.63) is 0 Å². The Kier molecular flexibility index (Phi) is 4.56. The largest absolute Gasteiger partial charge is 0.362 e. The van der Waals surface area contributed by atoms with E-state index in [-0.39, 0.29) is 0 Å². The standard InChI is InChI=1S/C13H24N2S/c1-10(2)7-8-14-13-15-12-6-4-3-5-11(12)9-16-13/h10-12H,3-9H2,1-2H3,(H,14,15). The summed E-state index contributed by atoms with van der Waals surface area (Å²) in [6.07, 6.45) is 6.82. The first-order valence-corrected chi connectivity index (χ1v) is 7.68. The molecule has 0 bridgehead atoms. The van der Waals surface area contributed by atoms with Gasteiger partial charge in [0.25, 0.3) is 0 Å². The van der Waals surface area contributed by atoms with Crippen molar-refractivity contribution in [3.63, 3.8) is 0 Å². The van der Waals surface area contributed by atoms with Crippen LogP contribution < -0.4 is 5.32 Å². The molecule has 3 heteroatoms. The molecule has 0 aromatic carbocycles. The molecule has 0 aromatic heterocycles. The SMILES string of the molecule is CC(C)CCN=C1NC2CCCCC2CS1. The minimum atomic E-state index is 0.729. The van der Waals surface area contributed by atoms with E-state index in [2.05, 4.69) is 24.2 Å². The van der Waals surface area contributed by atoms with Gasteiger partial charge < -0.3 is 5.32 Å². The normalized spacial score (nSPS) is 32.6. The lowest BCUT2D eigenvalue weighted by Gasteiger charge is -2.36. The van der Waals surface area contributed by atoms with Crippen molar-refractivity contribution in [2.24, 2.45) is 16.8 Å². The van der Waals surface area contributed by atoms with Crippen LogP contribution in [-0.4, -0.2) is 23.5 Å². The fraction of sp³-hybridized carbons (Fsp3) is 0.923. The highest BCUT2D eigenvalue weighted by Crippen LogP contribution is 2.31. The van der Waals surface area contributed by atoms with Gasteiger partial charge in [0, 0.05) is 18.3 Å². The van der Waals surface area contributed by atoms with E-state index in [1.807, 2.05) is 11.8 Å². The van der Waals surface area contributed by atoms with E-state index >= 15 is 0 Å². The molecule has 2 aliphatic rings. The number of hydrogen-bond donors (Lipinski definition) is 1. The van der Waals surface area contributed by atoms with Crippen LogP contribution in [0.1, 0.15) is 46.0 Å². The molecular formula is C13H24N2S. The molecule has 2 nitrogen and oxygen atoms in total. The van der Waals surface area contributed by atoms with E-state index in [1.54, 1.807) is 0 Å². The van der Waals surface area contributed by atoms with Gasteiger partial charge in [-0.2, -0.15) is 0 Å². The summed E-state index contributed by atoms with van der Waals surface area (Å²) in [5, 5.41) is 4.85. The topological polar surface area (TPSA) is 24.4 Å². The van der Waals surface area contributed by atoms with Crippen LogP contribution in [0.5, 0.6) is 0 Å². The van der Waals surface area contributed by atoms with Gasteiger partial charge in [0.15, 0.2) is 5.17 Å². The average molecular weight is 240 g/mol. The van der Waals surface area contributed by atoms with Gasteiger partial charge in [-0.15, -0.1) is 0 Å². The van der Waals surface area contributed by atoms with Gasteiger partial charge >= 0.3 is 0 Å². The first-order chi connectivity index (χ1) is 7.75. The highest BCUT2D eigenvalue weighted by atomic mass is 32.2. The molecule has 0 aromatic rings. The Morgan fingerprint density at radius 3 is 3.00 bits per heavy atom. The molecular weight excluding hydrogens is 216 g/mol. The van der Waals surface area contributed by atoms with Crippen molar-refractivity contribution in [2.75, 3.05) is 12.3 Å². The summed E-state index contributed by atoms with van der Waals surface area (Å²) in [6, 6.07) is 0.729. The van der Waals surface area contributed by atoms with E-state index in [0.29, 0.717) is 0 Å². The van der Waals surface area contributed by atoms with Crippen molar-refractivity contribution in [1.82, 2.24) is 5.32 Å². The van der Waals surface area contributed by atoms with Crippen LogP contribution in [0, 0.1) is 11.8 Å². The molecule has 2 unspecified atom stereocenters. The maximum atomic E-state index is 4.68. The summed E-state index contributed by atoms with van der Waals surface area (Å²) < 4.78 is 0. The van der Waals surface area contributed by atoms with Crippen LogP contribution in [0.3, 0.4) is 0 Å². The van der Waals surface area contributed by atoms with Crippen LogP contribution in [0.15, 0.2) is 4.99 Å². The average Bonchev–Trinajstić information content (AvgIpc) is 2.28. The zero-order chi connectivity index (χ0) is 11.4. The zero-order valence-corrected chi connectivity index (χ0v) is 11.4. The lowest BCUT2D eigenvalue weighted by molar-refractivity contribution is 0.311. The number of thioether (sulfide) groups is 1. The highest BCUT2D eigenvalue weighted by Gasteiger charge is 2.29. The Morgan fingerprint density at radius 1 is 1.38 bits per heavy atom. The van der Waals surface area contributed by atoms with E-state index in [4.69, 9.17) is 0 Å². The molecule has 92 valence electrons. The lowest BCUT2D eigenvalue weighted by Crippen LogP contribution is -2.46. The molecule has 2 fully saturated rings. The summed E-state index contributed by atoms with van der Waals surface area (Å²) in [5.41, 5.74) is 0. The van der Waals surface area contributed by atoms with E-state index in [0.717, 1.165) is 24.4 Å². The Labute approximate surface area is 104 Å². The maximum Gasteiger partial charge on any atom is 0.156 e. The van der Waals surface area contributed by atoms with Gasteiger partial charge in [0.05, 0.1) is 0 Å². The van der Waals surface area contributed by atoms with Gasteiger partial charge in [-0.1, -0.05) is 38.5 Å². The quantitative estimate of drug-likeness (QED) is 0.818. The third-order valence-corrected chi connectivity index (χ3v) is 4.73. The first kappa shape index (κ1) is 12.3. The van der Waals surface area contributed by atoms with E-state index < -0.39 is 0 Å². The Balaban J connectivity index is 1.80. The summed E-state index contributed by atoms with van der Waals surface area (Å²) in [4.78, 5) is 4.68. The molecule has 1 N–H and O–H groups in total. The van der Waals surface area contributed by atoms with Crippen LogP contribution in [0.2, 0.25) is 0 Å². The molecule has 2 atom stereocenters. The smallest absolute Gasteiger partial charge is 0.156 e. The number of hydrogen-bond acceptors (Lipinski definition) is 2. The molecule has 2 rings (SSSR count). The Hall–Kier alpha value is -0.180. The summed E-state index contributed by atoms with van der Waals surface area (Å²) >= 11 is 1.94. The molecule has 1 saturated heterocycles. The third-order valence-electron chi connectivity index (χ3n) is 3.61. The predicted octanol–water partition coefficient (Wildman–Crippen LogP) is 3.28. The van der Waals surface area contributed by atoms with Gasteiger partial charge in [-0.25, -0.2) is 0 Å². The maximum absolute atomic E-state index is 4.68. The number of nitrogens with zero attached hydrogens (tertiary/aromatic N) is 1. The second kappa shape index (κ2) is 5.95. The van der Waals surface area contributed by atoms with Gasteiger partial charge in [-0.3, -0.25) is 4.99 Å². The van der Waals surface area contributed by atoms with Crippen molar-refractivity contribution in [2.45, 2.75) is 52.0 Å². The molecule has 1 heterocycles. The first-order valence-electron chi connectivity index (χ1n) is 6.69. The summed E-state index contributed by atoms with van der Waals surface area (Å²) in [5.74, 6) is 2.96. The number of fused-ring (bicyclic) bond motifs is 1. The van der Waals surface area contributed by atoms with Crippen molar-refractivity contribution < 1.29 is 0 Å². The molecule has 0 radical (unpaired) electrons. The summed E-state index contributed by atoms with van der Waals surface area (Å²) in [6.45, 7) is 5.52. The van der Waals surface area contributed by atoms with Crippen molar-refractivity contribution >= 4 is 16.9 Å². The second-order valence-corrected chi connectivity index (χ2v) is 6.48. The monoisotopic (exact) mass is 240 g/mol. The minimum Gasteiger partial charge on any atom is -0.362 e. The van der Waals surface area contributed by atoms with Gasteiger partial charge in [0.2, 0.25) is 0 Å². The van der Waals surface area contributed by atoms with Crippen molar-refractivity contribution in [3.8, 4) is 0 Å². The van der Waals surface area contributed by atoms with Gasteiger partial charge in [-0.05, 0) is 31.1 Å². The zero-order valence-electron chi connectivity index (χ0n) is 10.5. The number of rotatable bonds is 3. The van der Waals surface area contributed by atoms with Crippen molar-refractivity contribution in [1.29, 1.82) is 0 Å². The number of nitrogens with one attached hydrogen (secondary N) is 1. The molecule has 1 aliphatic heterocycles. The number of amidine groups is 1. The van der Waals surface area contributed by atoms with Crippen LogP contribution in [0.4, 0.5) is 0 Å². The van der Waals surface area contributed by atoms with Crippen LogP contribution in [-0.2, 0) is 0 Å². The highest BCUT2D eigenvalue weighted by molar-refractivity contribution is 8.13. The van der Waals surface area contributed by atoms with E-state index in [1.165, 1.54) is 43.0 Å². The fourth-order valence-electron chi connectivity index (χ4n) is 2.50. The second-order valence-electron chi connectivity index (χ2n) is 5.48. The molecule has 16 heavy (non-hydrogen) atoms. The lowest BCUT2D eigenvalue weighted by atomic mass is 9.86. The van der Waals surface area contributed by atoms with Gasteiger partial charge in [0.1, 0.15) is 0 Å². The minimum absolute atomic E-state index is 0.729. The van der Waals surface area contributed by atoms with Crippen LogP contribution in [0.25, 0.3) is 0 Å². The fourth-order valence-corrected chi connectivity index (χ4v) is 3.69. The third kappa shape index (κ3) is 3.41. The number of aliphatic imine (C=N–C) groups is 1. The predicted molar refractivity (Wildman–Crippen MR) is 73.1 cm³/mol. The molecule has 1 aliphatic carbocycles. The van der Waals surface area contributed by atoms with E-state index in [9.17, 15) is 0 Å². The Bertz CT molecular complexity index is 250. The molecule has 1 saturated carbocycles. The Morgan fingerprint density at radius 2 is 2.19 bits per heavy atom.